The Hall–Kier alpha value is -2.28. The number of thioether (sulfide) groups is 1. The number of rotatable bonds is 9. The third kappa shape index (κ3) is 5.35. The highest BCUT2D eigenvalue weighted by molar-refractivity contribution is 7.99. The Labute approximate surface area is 152 Å². The third-order valence-corrected chi connectivity index (χ3v) is 4.32. The topological polar surface area (TPSA) is 69.0 Å². The van der Waals surface area contributed by atoms with E-state index in [9.17, 15) is 4.79 Å². The molecule has 0 spiro atoms. The molecule has 0 bridgehead atoms. The number of nitrogens with zero attached hydrogens (tertiary/aromatic N) is 3. The summed E-state index contributed by atoms with van der Waals surface area (Å²) >= 11 is 1.37. The second-order valence-electron chi connectivity index (χ2n) is 5.69. The smallest absolute Gasteiger partial charge is 0.234 e. The molecule has 0 aliphatic heterocycles. The van der Waals surface area contributed by atoms with E-state index in [1.54, 1.807) is 6.08 Å². The van der Waals surface area contributed by atoms with Crippen LogP contribution in [-0.2, 0) is 11.3 Å². The SMILES string of the molecule is C=CCn1c(SCC(=O)Nc2ccc(OCC)cc2)nnc1C(C)C. The third-order valence-electron chi connectivity index (χ3n) is 3.35. The predicted octanol–water partition coefficient (Wildman–Crippen LogP) is 3.72. The summed E-state index contributed by atoms with van der Waals surface area (Å²) < 4.78 is 7.38. The quantitative estimate of drug-likeness (QED) is 0.545. The Morgan fingerprint density at radius 1 is 1.36 bits per heavy atom. The average molecular weight is 360 g/mol. The zero-order valence-electron chi connectivity index (χ0n) is 14.9. The zero-order valence-corrected chi connectivity index (χ0v) is 15.7. The number of carbonyl (C=O) groups is 1. The van der Waals surface area contributed by atoms with Gasteiger partial charge in [-0.2, -0.15) is 0 Å². The molecule has 25 heavy (non-hydrogen) atoms. The van der Waals surface area contributed by atoms with Crippen LogP contribution in [0.3, 0.4) is 0 Å². The molecule has 2 aromatic rings. The molecule has 0 saturated heterocycles. The number of allylic oxidation sites excluding steroid dienone is 1. The fourth-order valence-corrected chi connectivity index (χ4v) is 3.02. The lowest BCUT2D eigenvalue weighted by atomic mass is 10.2. The summed E-state index contributed by atoms with van der Waals surface area (Å²) in [4.78, 5) is 12.2. The molecule has 7 heteroatoms. The maximum atomic E-state index is 12.2. The highest BCUT2D eigenvalue weighted by atomic mass is 32.2. The van der Waals surface area contributed by atoms with Crippen molar-refractivity contribution >= 4 is 23.4 Å². The van der Waals surface area contributed by atoms with Gasteiger partial charge in [0.15, 0.2) is 5.16 Å². The maximum Gasteiger partial charge on any atom is 0.234 e. The summed E-state index contributed by atoms with van der Waals surface area (Å²) in [6.45, 7) is 11.1. The summed E-state index contributed by atoms with van der Waals surface area (Å²) in [6, 6.07) is 7.32. The molecule has 2 rings (SSSR count). The summed E-state index contributed by atoms with van der Waals surface area (Å²) in [7, 11) is 0. The van der Waals surface area contributed by atoms with Gasteiger partial charge in [0.1, 0.15) is 11.6 Å². The van der Waals surface area contributed by atoms with E-state index in [4.69, 9.17) is 4.74 Å². The van der Waals surface area contributed by atoms with Gasteiger partial charge in [0.25, 0.3) is 0 Å². The Morgan fingerprint density at radius 2 is 2.08 bits per heavy atom. The number of nitrogens with one attached hydrogen (secondary N) is 1. The Balaban J connectivity index is 1.94. The van der Waals surface area contributed by atoms with Gasteiger partial charge in [-0.05, 0) is 31.2 Å². The van der Waals surface area contributed by atoms with E-state index >= 15 is 0 Å². The minimum Gasteiger partial charge on any atom is -0.494 e. The van der Waals surface area contributed by atoms with Crippen molar-refractivity contribution in [2.24, 2.45) is 0 Å². The van der Waals surface area contributed by atoms with Crippen LogP contribution >= 0.6 is 11.8 Å². The number of amides is 1. The van der Waals surface area contributed by atoms with Gasteiger partial charge < -0.3 is 14.6 Å². The number of aromatic nitrogens is 3. The number of hydrogen-bond acceptors (Lipinski definition) is 5. The van der Waals surface area contributed by atoms with Crippen LogP contribution < -0.4 is 10.1 Å². The molecule has 1 amide bonds. The monoisotopic (exact) mass is 360 g/mol. The molecule has 0 atom stereocenters. The Morgan fingerprint density at radius 3 is 2.68 bits per heavy atom. The van der Waals surface area contributed by atoms with E-state index in [1.165, 1.54) is 11.8 Å². The number of anilines is 1. The number of benzene rings is 1. The predicted molar refractivity (Wildman–Crippen MR) is 101 cm³/mol. The summed E-state index contributed by atoms with van der Waals surface area (Å²) in [5.74, 6) is 2.12. The highest BCUT2D eigenvalue weighted by Crippen LogP contribution is 2.22. The van der Waals surface area contributed by atoms with Gasteiger partial charge in [-0.3, -0.25) is 4.79 Å². The van der Waals surface area contributed by atoms with Crippen LogP contribution in [0.2, 0.25) is 0 Å². The van der Waals surface area contributed by atoms with Gasteiger partial charge in [-0.25, -0.2) is 0 Å². The first-order valence-corrected chi connectivity index (χ1v) is 9.23. The normalized spacial score (nSPS) is 10.7. The molecule has 0 fully saturated rings. The molecule has 0 aliphatic carbocycles. The minimum atomic E-state index is -0.0894. The van der Waals surface area contributed by atoms with Crippen LogP contribution in [0.1, 0.15) is 32.5 Å². The van der Waals surface area contributed by atoms with E-state index in [2.05, 4.69) is 35.9 Å². The first-order chi connectivity index (χ1) is 12.0. The van der Waals surface area contributed by atoms with E-state index in [0.29, 0.717) is 13.2 Å². The minimum absolute atomic E-state index is 0.0894. The van der Waals surface area contributed by atoms with Crippen molar-refractivity contribution in [1.29, 1.82) is 0 Å². The van der Waals surface area contributed by atoms with Crippen LogP contribution in [-0.4, -0.2) is 33.0 Å². The molecular formula is C18H24N4O2S. The van der Waals surface area contributed by atoms with Gasteiger partial charge in [-0.1, -0.05) is 31.7 Å². The highest BCUT2D eigenvalue weighted by Gasteiger charge is 2.15. The van der Waals surface area contributed by atoms with E-state index in [0.717, 1.165) is 22.4 Å². The first-order valence-electron chi connectivity index (χ1n) is 8.24. The molecule has 0 saturated carbocycles. The van der Waals surface area contributed by atoms with Gasteiger partial charge in [0.2, 0.25) is 5.91 Å². The van der Waals surface area contributed by atoms with Gasteiger partial charge >= 0.3 is 0 Å². The Kier molecular flexibility index (Phi) is 7.06. The molecule has 1 aromatic carbocycles. The molecule has 1 N–H and O–H groups in total. The summed E-state index contributed by atoms with van der Waals surface area (Å²) in [6.07, 6.45) is 1.80. The van der Waals surface area contributed by atoms with Crippen LogP contribution in [0.25, 0.3) is 0 Å². The van der Waals surface area contributed by atoms with Crippen molar-refractivity contribution in [3.8, 4) is 5.75 Å². The first kappa shape index (κ1) is 19.1. The van der Waals surface area contributed by atoms with Crippen LogP contribution in [0, 0.1) is 0 Å². The van der Waals surface area contributed by atoms with Crippen LogP contribution in [0.15, 0.2) is 42.1 Å². The number of ether oxygens (including phenoxy) is 1. The van der Waals surface area contributed by atoms with Crippen molar-refractivity contribution < 1.29 is 9.53 Å². The van der Waals surface area contributed by atoms with Crippen LogP contribution in [0.4, 0.5) is 5.69 Å². The summed E-state index contributed by atoms with van der Waals surface area (Å²) in [5, 5.41) is 12.0. The van der Waals surface area contributed by atoms with Crippen LogP contribution in [0.5, 0.6) is 5.75 Å². The van der Waals surface area contributed by atoms with Gasteiger partial charge in [0.05, 0.1) is 12.4 Å². The van der Waals surface area contributed by atoms with Crippen molar-refractivity contribution in [2.45, 2.75) is 38.4 Å². The maximum absolute atomic E-state index is 12.2. The van der Waals surface area contributed by atoms with E-state index < -0.39 is 0 Å². The molecule has 1 heterocycles. The number of hydrogen-bond donors (Lipinski definition) is 1. The second-order valence-corrected chi connectivity index (χ2v) is 6.63. The zero-order chi connectivity index (χ0) is 18.2. The van der Waals surface area contributed by atoms with Crippen molar-refractivity contribution in [3.05, 3.63) is 42.7 Å². The second kappa shape index (κ2) is 9.27. The lowest BCUT2D eigenvalue weighted by Crippen LogP contribution is -2.14. The van der Waals surface area contributed by atoms with Crippen molar-refractivity contribution in [1.82, 2.24) is 14.8 Å². The fraction of sp³-hybridized carbons (Fsp3) is 0.389. The molecule has 0 radical (unpaired) electrons. The van der Waals surface area contributed by atoms with Crippen molar-refractivity contribution in [3.63, 3.8) is 0 Å². The lowest BCUT2D eigenvalue weighted by molar-refractivity contribution is -0.113. The Bertz CT molecular complexity index is 710. The van der Waals surface area contributed by atoms with Gasteiger partial charge in [0, 0.05) is 18.2 Å². The summed E-state index contributed by atoms with van der Waals surface area (Å²) in [5.41, 5.74) is 0.740. The standard InChI is InChI=1S/C18H24N4O2S/c1-5-11-22-17(13(3)4)20-21-18(22)25-12-16(23)19-14-7-9-15(10-8-14)24-6-2/h5,7-10,13H,1,6,11-12H2,2-4H3,(H,19,23). The van der Waals surface area contributed by atoms with E-state index in [-0.39, 0.29) is 17.6 Å². The molecule has 0 unspecified atom stereocenters. The molecule has 6 nitrogen and oxygen atoms in total. The fourth-order valence-electron chi connectivity index (χ4n) is 2.26. The molecule has 1 aromatic heterocycles. The van der Waals surface area contributed by atoms with E-state index in [1.807, 2.05) is 35.8 Å². The average Bonchev–Trinajstić information content (AvgIpc) is 2.98. The molecule has 134 valence electrons. The number of carbonyl (C=O) groups excluding carboxylic acids is 1. The lowest BCUT2D eigenvalue weighted by Gasteiger charge is -2.10. The largest absolute Gasteiger partial charge is 0.494 e. The molecular weight excluding hydrogens is 336 g/mol. The van der Waals surface area contributed by atoms with Crippen molar-refractivity contribution in [2.75, 3.05) is 17.7 Å². The van der Waals surface area contributed by atoms with Gasteiger partial charge in [-0.15, -0.1) is 16.8 Å². The molecule has 0 aliphatic rings.